The first-order chi connectivity index (χ1) is 8.86. The molecule has 2 aromatic rings. The Bertz CT molecular complexity index is 522. The predicted octanol–water partition coefficient (Wildman–Crippen LogP) is 1.90. The summed E-state index contributed by atoms with van der Waals surface area (Å²) in [6.07, 6.45) is 6.44. The van der Waals surface area contributed by atoms with Crippen molar-refractivity contribution < 1.29 is 0 Å². The monoisotopic (exact) mass is 246 g/mol. The summed E-state index contributed by atoms with van der Waals surface area (Å²) in [6.45, 7) is 2.27. The Morgan fingerprint density at radius 2 is 2.22 bits per heavy atom. The van der Waals surface area contributed by atoms with E-state index in [0.717, 1.165) is 11.7 Å². The van der Waals surface area contributed by atoms with E-state index >= 15 is 0 Å². The van der Waals surface area contributed by atoms with Gasteiger partial charge in [0.25, 0.3) is 0 Å². The fourth-order valence-corrected chi connectivity index (χ4v) is 2.80. The van der Waals surface area contributed by atoms with E-state index in [1.807, 2.05) is 12.1 Å². The van der Waals surface area contributed by atoms with Gasteiger partial charge >= 0.3 is 0 Å². The molecule has 2 heterocycles. The quantitative estimate of drug-likeness (QED) is 0.895. The van der Waals surface area contributed by atoms with E-state index < -0.39 is 0 Å². The van der Waals surface area contributed by atoms with Crippen molar-refractivity contribution in [1.29, 1.82) is 0 Å². The van der Waals surface area contributed by atoms with E-state index in [4.69, 9.17) is 0 Å². The molecular formula is C12H18N6. The molecule has 0 saturated heterocycles. The average molecular weight is 246 g/mol. The molecule has 2 aromatic heterocycles. The minimum Gasteiger partial charge on any atom is -0.366 e. The Morgan fingerprint density at radius 3 is 3.11 bits per heavy atom. The summed E-state index contributed by atoms with van der Waals surface area (Å²) in [6, 6.07) is 4.37. The van der Waals surface area contributed by atoms with Gasteiger partial charge in [-0.1, -0.05) is 26.2 Å². The lowest BCUT2D eigenvalue weighted by atomic mass is 9.83. The minimum absolute atomic E-state index is 0.533. The molecule has 6 heteroatoms. The number of hydrogen-bond donors (Lipinski definition) is 1. The Hall–Kier alpha value is -1.72. The Kier molecular flexibility index (Phi) is 3.08. The van der Waals surface area contributed by atoms with Crippen LogP contribution in [0.4, 0.5) is 5.82 Å². The van der Waals surface area contributed by atoms with Gasteiger partial charge in [0.1, 0.15) is 5.82 Å². The highest BCUT2D eigenvalue weighted by atomic mass is 15.6. The van der Waals surface area contributed by atoms with Crippen LogP contribution in [0.2, 0.25) is 0 Å². The highest BCUT2D eigenvalue weighted by Crippen LogP contribution is 2.28. The fraction of sp³-hybridized carbons (Fsp3) is 0.667. The number of aromatic nitrogens is 5. The molecule has 0 spiro atoms. The van der Waals surface area contributed by atoms with Crippen LogP contribution in [-0.2, 0) is 0 Å². The van der Waals surface area contributed by atoms with E-state index in [0.29, 0.717) is 11.7 Å². The van der Waals surface area contributed by atoms with Crippen molar-refractivity contribution in [2.75, 3.05) is 5.32 Å². The average Bonchev–Trinajstić information content (AvgIpc) is 2.87. The number of anilines is 1. The molecule has 1 fully saturated rings. The lowest BCUT2D eigenvalue weighted by Gasteiger charge is -2.31. The van der Waals surface area contributed by atoms with Crippen molar-refractivity contribution in [3.63, 3.8) is 0 Å². The Balaban J connectivity index is 1.77. The van der Waals surface area contributed by atoms with Crippen molar-refractivity contribution in [3.8, 4) is 0 Å². The smallest absolute Gasteiger partial charge is 0.200 e. The van der Waals surface area contributed by atoms with Crippen molar-refractivity contribution in [2.24, 2.45) is 5.92 Å². The summed E-state index contributed by atoms with van der Waals surface area (Å²) >= 11 is 0. The summed E-state index contributed by atoms with van der Waals surface area (Å²) < 4.78 is 1.46. The fourth-order valence-electron chi connectivity index (χ4n) is 2.80. The molecule has 3 rings (SSSR count). The van der Waals surface area contributed by atoms with Gasteiger partial charge in [-0.3, -0.25) is 0 Å². The van der Waals surface area contributed by atoms with E-state index in [1.54, 1.807) is 0 Å². The van der Waals surface area contributed by atoms with Crippen molar-refractivity contribution in [2.45, 2.75) is 45.1 Å². The Labute approximate surface area is 106 Å². The van der Waals surface area contributed by atoms with Gasteiger partial charge < -0.3 is 5.32 Å². The lowest BCUT2D eigenvalue weighted by Crippen LogP contribution is -2.32. The highest BCUT2D eigenvalue weighted by Gasteiger charge is 2.23. The second kappa shape index (κ2) is 4.88. The molecule has 18 heavy (non-hydrogen) atoms. The molecule has 2 atom stereocenters. The number of tetrazole rings is 1. The van der Waals surface area contributed by atoms with Gasteiger partial charge in [0.2, 0.25) is 0 Å². The lowest BCUT2D eigenvalue weighted by molar-refractivity contribution is 0.316. The second-order valence-electron chi connectivity index (χ2n) is 4.95. The molecule has 1 aliphatic rings. The molecule has 0 aromatic carbocycles. The van der Waals surface area contributed by atoms with E-state index in [-0.39, 0.29) is 0 Å². The van der Waals surface area contributed by atoms with E-state index in [9.17, 15) is 0 Å². The number of nitrogens with one attached hydrogen (secondary N) is 1. The summed E-state index contributed by atoms with van der Waals surface area (Å²) in [5.41, 5.74) is 0.677. The van der Waals surface area contributed by atoms with Gasteiger partial charge in [-0.05, 0) is 41.3 Å². The third-order valence-electron chi connectivity index (χ3n) is 3.84. The SMILES string of the molecule is CC[C@@H]1CCCC[C@@H]1Nc1ccc2nnnn2n1. The number of hydrogen-bond acceptors (Lipinski definition) is 5. The maximum absolute atomic E-state index is 4.37. The molecule has 1 N–H and O–H groups in total. The van der Waals surface area contributed by atoms with Crippen LogP contribution in [0.25, 0.3) is 5.65 Å². The molecule has 0 aliphatic heterocycles. The van der Waals surface area contributed by atoms with Crippen LogP contribution in [0.5, 0.6) is 0 Å². The topological polar surface area (TPSA) is 68.0 Å². The van der Waals surface area contributed by atoms with Crippen LogP contribution in [0.15, 0.2) is 12.1 Å². The van der Waals surface area contributed by atoms with Crippen LogP contribution in [0, 0.1) is 5.92 Å². The normalized spacial score (nSPS) is 24.3. The molecule has 6 nitrogen and oxygen atoms in total. The highest BCUT2D eigenvalue weighted by molar-refractivity contribution is 5.42. The molecule has 0 amide bonds. The minimum atomic E-state index is 0.533. The summed E-state index contributed by atoms with van der Waals surface area (Å²) in [5, 5.41) is 19.2. The first-order valence-corrected chi connectivity index (χ1v) is 6.69. The molecular weight excluding hydrogens is 228 g/mol. The third-order valence-corrected chi connectivity index (χ3v) is 3.84. The maximum atomic E-state index is 4.37. The molecule has 0 bridgehead atoms. The standard InChI is InChI=1S/C12H18N6/c1-2-9-5-3-4-6-10(9)13-11-7-8-12-14-16-17-18(12)15-11/h7-10H,2-6H2,1H3,(H,13,15)/t9-,10+/m1/s1. The first-order valence-electron chi connectivity index (χ1n) is 6.69. The van der Waals surface area contributed by atoms with Crippen LogP contribution in [0.1, 0.15) is 39.0 Å². The predicted molar refractivity (Wildman–Crippen MR) is 68.2 cm³/mol. The zero-order valence-corrected chi connectivity index (χ0v) is 10.6. The molecule has 1 saturated carbocycles. The van der Waals surface area contributed by atoms with Crippen LogP contribution in [0.3, 0.4) is 0 Å². The maximum Gasteiger partial charge on any atom is 0.200 e. The van der Waals surface area contributed by atoms with Crippen LogP contribution >= 0.6 is 0 Å². The first kappa shape index (κ1) is 11.4. The van der Waals surface area contributed by atoms with Gasteiger partial charge in [0, 0.05) is 6.04 Å². The van der Waals surface area contributed by atoms with Crippen molar-refractivity contribution >= 4 is 11.5 Å². The van der Waals surface area contributed by atoms with Crippen LogP contribution < -0.4 is 5.32 Å². The van der Waals surface area contributed by atoms with Gasteiger partial charge in [0.05, 0.1) is 0 Å². The summed E-state index contributed by atoms with van der Waals surface area (Å²) in [4.78, 5) is 0. The van der Waals surface area contributed by atoms with Gasteiger partial charge in [-0.2, -0.15) is 0 Å². The molecule has 1 aliphatic carbocycles. The second-order valence-corrected chi connectivity index (χ2v) is 4.95. The number of rotatable bonds is 3. The molecule has 0 radical (unpaired) electrons. The van der Waals surface area contributed by atoms with E-state index in [1.165, 1.54) is 36.7 Å². The van der Waals surface area contributed by atoms with Gasteiger partial charge in [-0.25, -0.2) is 0 Å². The third kappa shape index (κ3) is 2.14. The van der Waals surface area contributed by atoms with Gasteiger partial charge in [0.15, 0.2) is 5.65 Å². The number of nitrogens with zero attached hydrogens (tertiary/aromatic N) is 5. The molecule has 96 valence electrons. The molecule has 0 unspecified atom stereocenters. The zero-order chi connectivity index (χ0) is 12.4. The van der Waals surface area contributed by atoms with Gasteiger partial charge in [-0.15, -0.1) is 14.8 Å². The Morgan fingerprint density at radius 1 is 1.33 bits per heavy atom. The van der Waals surface area contributed by atoms with Crippen molar-refractivity contribution in [1.82, 2.24) is 25.3 Å². The van der Waals surface area contributed by atoms with Crippen LogP contribution in [-0.4, -0.2) is 31.3 Å². The van der Waals surface area contributed by atoms with E-state index in [2.05, 4.69) is 32.9 Å². The largest absolute Gasteiger partial charge is 0.366 e. The zero-order valence-electron chi connectivity index (χ0n) is 10.6. The van der Waals surface area contributed by atoms with Crippen molar-refractivity contribution in [3.05, 3.63) is 12.1 Å². The summed E-state index contributed by atoms with van der Waals surface area (Å²) in [7, 11) is 0. The number of fused-ring (bicyclic) bond motifs is 1. The summed E-state index contributed by atoms with van der Waals surface area (Å²) in [5.74, 6) is 1.62.